The molecular weight excluding hydrogens is 376 g/mol. The van der Waals surface area contributed by atoms with Crippen LogP contribution >= 0.6 is 0 Å². The highest BCUT2D eigenvalue weighted by molar-refractivity contribution is 6.03. The standard InChI is InChI=1S/C24H24N4O2/c29-22-13-28-10-9-21-23(26-14-25-21)24(28)16-4-1-5-17(11-16)30-18-8-7-15-3-2-6-20(27-22)19(15)12-18/h1-8,11-12,21,23-26H,9-10,13-14H2,(H,27,29). The molecular formula is C24H24N4O2. The molecule has 3 aromatic rings. The fourth-order valence-electron chi connectivity index (χ4n) is 5.15. The van der Waals surface area contributed by atoms with E-state index in [1.54, 1.807) is 0 Å². The third kappa shape index (κ3) is 3.04. The maximum atomic E-state index is 13.1. The average molecular weight is 400 g/mol. The Hall–Kier alpha value is -2.93. The van der Waals surface area contributed by atoms with Crippen LogP contribution in [0, 0.1) is 0 Å². The normalized spacial score (nSPS) is 26.0. The summed E-state index contributed by atoms with van der Waals surface area (Å²) in [6.07, 6.45) is 1.02. The summed E-state index contributed by atoms with van der Waals surface area (Å²) in [5, 5.41) is 12.4. The van der Waals surface area contributed by atoms with Crippen molar-refractivity contribution in [3.8, 4) is 11.5 Å². The van der Waals surface area contributed by atoms with Crippen molar-refractivity contribution in [1.82, 2.24) is 15.5 Å². The summed E-state index contributed by atoms with van der Waals surface area (Å²) >= 11 is 0. The second kappa shape index (κ2) is 7.09. The van der Waals surface area contributed by atoms with E-state index >= 15 is 0 Å². The molecule has 3 aliphatic heterocycles. The quantitative estimate of drug-likeness (QED) is 0.541. The Labute approximate surface area is 175 Å². The van der Waals surface area contributed by atoms with Crippen molar-refractivity contribution < 1.29 is 9.53 Å². The smallest absolute Gasteiger partial charge is 0.238 e. The van der Waals surface area contributed by atoms with E-state index < -0.39 is 0 Å². The molecule has 0 saturated carbocycles. The summed E-state index contributed by atoms with van der Waals surface area (Å²) in [6, 6.07) is 21.1. The first-order valence-corrected chi connectivity index (χ1v) is 10.6. The van der Waals surface area contributed by atoms with Gasteiger partial charge in [-0.25, -0.2) is 0 Å². The second-order valence-corrected chi connectivity index (χ2v) is 8.33. The number of carbonyl (C=O) groups is 1. The molecule has 2 fully saturated rings. The molecule has 0 aliphatic carbocycles. The number of hydrogen-bond acceptors (Lipinski definition) is 5. The predicted molar refractivity (Wildman–Crippen MR) is 117 cm³/mol. The lowest BCUT2D eigenvalue weighted by Crippen LogP contribution is -2.54. The number of piperidine rings is 1. The highest BCUT2D eigenvalue weighted by Crippen LogP contribution is 2.36. The van der Waals surface area contributed by atoms with Crippen molar-refractivity contribution in [3.05, 3.63) is 66.2 Å². The highest BCUT2D eigenvalue weighted by Gasteiger charge is 2.42. The van der Waals surface area contributed by atoms with Crippen LogP contribution in [0.5, 0.6) is 11.5 Å². The minimum atomic E-state index is 0.0126. The Kier molecular flexibility index (Phi) is 4.23. The minimum Gasteiger partial charge on any atom is -0.457 e. The number of ether oxygens (including phenoxy) is 1. The van der Waals surface area contributed by atoms with Crippen LogP contribution < -0.4 is 20.7 Å². The number of nitrogens with zero attached hydrogens (tertiary/aromatic N) is 1. The van der Waals surface area contributed by atoms with Gasteiger partial charge in [0.2, 0.25) is 5.91 Å². The van der Waals surface area contributed by atoms with Crippen LogP contribution in [0.25, 0.3) is 10.8 Å². The van der Waals surface area contributed by atoms with Gasteiger partial charge in [0.15, 0.2) is 0 Å². The van der Waals surface area contributed by atoms with E-state index in [-0.39, 0.29) is 18.0 Å². The van der Waals surface area contributed by atoms with Crippen molar-refractivity contribution >= 4 is 22.4 Å². The fraction of sp³-hybridized carbons (Fsp3) is 0.292. The zero-order valence-corrected chi connectivity index (χ0v) is 16.6. The van der Waals surface area contributed by atoms with E-state index in [4.69, 9.17) is 4.74 Å². The molecule has 6 rings (SSSR count). The van der Waals surface area contributed by atoms with Crippen LogP contribution in [0.2, 0.25) is 0 Å². The second-order valence-electron chi connectivity index (χ2n) is 8.33. The molecule has 4 bridgehead atoms. The zero-order chi connectivity index (χ0) is 20.1. The number of amides is 1. The summed E-state index contributed by atoms with van der Waals surface area (Å²) in [5.41, 5.74) is 1.99. The molecule has 3 aliphatic rings. The van der Waals surface area contributed by atoms with Gasteiger partial charge in [0.1, 0.15) is 11.5 Å². The van der Waals surface area contributed by atoms with Gasteiger partial charge in [-0.15, -0.1) is 0 Å². The first-order valence-electron chi connectivity index (χ1n) is 10.6. The van der Waals surface area contributed by atoms with E-state index in [0.717, 1.165) is 47.6 Å². The van der Waals surface area contributed by atoms with Crippen molar-refractivity contribution in [3.63, 3.8) is 0 Å². The van der Waals surface area contributed by atoms with Gasteiger partial charge in [0.05, 0.1) is 12.6 Å². The van der Waals surface area contributed by atoms with Crippen LogP contribution in [0.3, 0.4) is 0 Å². The van der Waals surface area contributed by atoms with Gasteiger partial charge >= 0.3 is 0 Å². The zero-order valence-electron chi connectivity index (χ0n) is 16.6. The van der Waals surface area contributed by atoms with Crippen molar-refractivity contribution in [2.24, 2.45) is 0 Å². The predicted octanol–water partition coefficient (Wildman–Crippen LogP) is 3.22. The van der Waals surface area contributed by atoms with Gasteiger partial charge in [-0.3, -0.25) is 20.3 Å². The molecule has 3 atom stereocenters. The SMILES string of the molecule is O=C1CN2CCC3NCNC3C2c2cccc(c2)Oc2ccc3cccc(c3c2)N1. The Morgan fingerprint density at radius 1 is 0.967 bits per heavy atom. The molecule has 0 radical (unpaired) electrons. The van der Waals surface area contributed by atoms with Crippen molar-refractivity contribution in [1.29, 1.82) is 0 Å². The molecule has 152 valence electrons. The van der Waals surface area contributed by atoms with E-state index in [9.17, 15) is 4.79 Å². The van der Waals surface area contributed by atoms with Crippen LogP contribution in [0.4, 0.5) is 5.69 Å². The molecule has 3 N–H and O–H groups in total. The molecule has 1 amide bonds. The Morgan fingerprint density at radius 3 is 2.83 bits per heavy atom. The van der Waals surface area contributed by atoms with E-state index in [0.29, 0.717) is 12.6 Å². The van der Waals surface area contributed by atoms with Gasteiger partial charge in [0, 0.05) is 36.4 Å². The molecule has 6 nitrogen and oxygen atoms in total. The van der Waals surface area contributed by atoms with Gasteiger partial charge in [-0.1, -0.05) is 30.3 Å². The molecule has 3 aromatic carbocycles. The highest BCUT2D eigenvalue weighted by atomic mass is 16.5. The van der Waals surface area contributed by atoms with Crippen molar-refractivity contribution in [2.45, 2.75) is 24.5 Å². The monoisotopic (exact) mass is 400 g/mol. The number of anilines is 1. The molecule has 2 saturated heterocycles. The van der Waals surface area contributed by atoms with E-state index in [1.807, 2.05) is 48.5 Å². The lowest BCUT2D eigenvalue weighted by molar-refractivity contribution is -0.118. The number of hydrogen-bond donors (Lipinski definition) is 3. The largest absolute Gasteiger partial charge is 0.457 e. The summed E-state index contributed by atoms with van der Waals surface area (Å²) in [7, 11) is 0. The maximum Gasteiger partial charge on any atom is 0.238 e. The lowest BCUT2D eigenvalue weighted by atomic mass is 9.87. The number of carbonyl (C=O) groups excluding carboxylic acids is 1. The summed E-state index contributed by atoms with van der Waals surface area (Å²) in [6.45, 7) is 2.03. The first-order chi connectivity index (χ1) is 14.7. The van der Waals surface area contributed by atoms with Crippen LogP contribution in [0.1, 0.15) is 18.0 Å². The molecule has 6 heteroatoms. The minimum absolute atomic E-state index is 0.0126. The summed E-state index contributed by atoms with van der Waals surface area (Å²) in [4.78, 5) is 15.4. The number of fused-ring (bicyclic) bond motifs is 7. The van der Waals surface area contributed by atoms with Gasteiger partial charge in [-0.05, 0) is 47.7 Å². The fourth-order valence-corrected chi connectivity index (χ4v) is 5.15. The first kappa shape index (κ1) is 17.9. The molecule has 3 unspecified atom stereocenters. The molecule has 0 spiro atoms. The number of nitrogens with one attached hydrogen (secondary N) is 3. The van der Waals surface area contributed by atoms with Crippen molar-refractivity contribution in [2.75, 3.05) is 25.1 Å². The van der Waals surface area contributed by atoms with E-state index in [1.165, 1.54) is 5.56 Å². The third-order valence-electron chi connectivity index (χ3n) is 6.51. The summed E-state index contributed by atoms with van der Waals surface area (Å²) < 4.78 is 6.24. The Bertz CT molecular complexity index is 1130. The van der Waals surface area contributed by atoms with Crippen LogP contribution in [-0.4, -0.2) is 42.6 Å². The van der Waals surface area contributed by atoms with Gasteiger partial charge in [-0.2, -0.15) is 0 Å². The Balaban J connectivity index is 1.48. The van der Waals surface area contributed by atoms with Crippen LogP contribution in [-0.2, 0) is 4.79 Å². The number of benzene rings is 3. The molecule has 30 heavy (non-hydrogen) atoms. The third-order valence-corrected chi connectivity index (χ3v) is 6.51. The molecule has 3 heterocycles. The van der Waals surface area contributed by atoms with Crippen LogP contribution in [0.15, 0.2) is 60.7 Å². The average Bonchev–Trinajstić information content (AvgIpc) is 3.22. The Morgan fingerprint density at radius 2 is 1.87 bits per heavy atom. The summed E-state index contributed by atoms with van der Waals surface area (Å²) in [5.74, 6) is 1.59. The van der Waals surface area contributed by atoms with E-state index in [2.05, 4.69) is 33.0 Å². The van der Waals surface area contributed by atoms with Gasteiger partial charge in [0.25, 0.3) is 0 Å². The number of rotatable bonds is 0. The van der Waals surface area contributed by atoms with Gasteiger partial charge < -0.3 is 10.1 Å². The molecule has 0 aromatic heterocycles. The lowest BCUT2D eigenvalue weighted by Gasteiger charge is -2.42. The maximum absolute atomic E-state index is 13.1. The topological polar surface area (TPSA) is 65.6 Å².